The van der Waals surface area contributed by atoms with Crippen LogP contribution in [0.4, 0.5) is 0 Å². The summed E-state index contributed by atoms with van der Waals surface area (Å²) >= 11 is 0. The highest BCUT2D eigenvalue weighted by Gasteiger charge is 2.39. The number of benzene rings is 1. The molecule has 0 radical (unpaired) electrons. The zero-order chi connectivity index (χ0) is 13.3. The van der Waals surface area contributed by atoms with Gasteiger partial charge in [0, 0.05) is 0 Å². The van der Waals surface area contributed by atoms with E-state index in [-0.39, 0.29) is 17.6 Å². The lowest BCUT2D eigenvalue weighted by atomic mass is 9.73. The molecular weight excluding hydrogens is 224 g/mol. The predicted octanol–water partition coefficient (Wildman–Crippen LogP) is 3.62. The first-order valence-corrected chi connectivity index (χ1v) is 6.82. The van der Waals surface area contributed by atoms with Gasteiger partial charge in [0.05, 0.1) is 6.10 Å². The summed E-state index contributed by atoms with van der Waals surface area (Å²) in [6.45, 7) is 8.42. The van der Waals surface area contributed by atoms with Gasteiger partial charge in [-0.2, -0.15) is 0 Å². The van der Waals surface area contributed by atoms with Crippen molar-refractivity contribution in [3.8, 4) is 5.75 Å². The largest absolute Gasteiger partial charge is 0.488 e. The molecule has 1 aromatic rings. The Balaban J connectivity index is 2.11. The Hall–Kier alpha value is -1.02. The summed E-state index contributed by atoms with van der Waals surface area (Å²) in [5.74, 6) is 0.875. The van der Waals surface area contributed by atoms with E-state index in [1.807, 2.05) is 6.07 Å². The van der Waals surface area contributed by atoms with Crippen LogP contribution in [0.3, 0.4) is 0 Å². The average molecular weight is 248 g/mol. The quantitative estimate of drug-likeness (QED) is 0.866. The molecule has 18 heavy (non-hydrogen) atoms. The molecule has 1 aliphatic carbocycles. The Morgan fingerprint density at radius 2 is 1.94 bits per heavy atom. The molecule has 2 rings (SSSR count). The van der Waals surface area contributed by atoms with Crippen LogP contribution < -0.4 is 4.74 Å². The van der Waals surface area contributed by atoms with Crippen molar-refractivity contribution in [2.75, 3.05) is 0 Å². The van der Waals surface area contributed by atoms with Crippen LogP contribution in [0.2, 0.25) is 0 Å². The van der Waals surface area contributed by atoms with Crippen molar-refractivity contribution < 1.29 is 9.84 Å². The van der Waals surface area contributed by atoms with Gasteiger partial charge in [-0.25, -0.2) is 0 Å². The third-order valence-corrected chi connectivity index (χ3v) is 4.23. The topological polar surface area (TPSA) is 29.5 Å². The van der Waals surface area contributed by atoms with Gasteiger partial charge in [0.25, 0.3) is 0 Å². The molecule has 2 nitrogen and oxygen atoms in total. The summed E-state index contributed by atoms with van der Waals surface area (Å²) < 4.78 is 5.99. The minimum atomic E-state index is -0.382. The highest BCUT2D eigenvalue weighted by molar-refractivity contribution is 5.34. The zero-order valence-electron chi connectivity index (χ0n) is 11.9. The molecule has 0 bridgehead atoms. The minimum absolute atomic E-state index is 0.0390. The van der Waals surface area contributed by atoms with Gasteiger partial charge in [-0.1, -0.05) is 19.9 Å². The highest BCUT2D eigenvalue weighted by atomic mass is 16.5. The SMILES string of the molecule is Cc1ccc(OC2CCCC(C)(C)C2O)cc1C. The van der Waals surface area contributed by atoms with E-state index in [9.17, 15) is 5.11 Å². The fourth-order valence-corrected chi connectivity index (χ4v) is 2.65. The average Bonchev–Trinajstić information content (AvgIpc) is 2.30. The number of aliphatic hydroxyl groups excluding tert-OH is 1. The molecule has 0 heterocycles. The second-order valence-corrected chi connectivity index (χ2v) is 6.23. The lowest BCUT2D eigenvalue weighted by Gasteiger charge is -2.40. The van der Waals surface area contributed by atoms with Crippen molar-refractivity contribution in [3.63, 3.8) is 0 Å². The van der Waals surface area contributed by atoms with Crippen molar-refractivity contribution in [1.29, 1.82) is 0 Å². The van der Waals surface area contributed by atoms with Gasteiger partial charge in [0.15, 0.2) is 0 Å². The normalized spacial score (nSPS) is 26.9. The fraction of sp³-hybridized carbons (Fsp3) is 0.625. The molecule has 1 saturated carbocycles. The van der Waals surface area contributed by atoms with Crippen LogP contribution >= 0.6 is 0 Å². The van der Waals surface area contributed by atoms with Gasteiger partial charge in [0.1, 0.15) is 11.9 Å². The molecule has 0 aliphatic heterocycles. The van der Waals surface area contributed by atoms with Gasteiger partial charge in [-0.3, -0.25) is 0 Å². The molecular formula is C16H24O2. The number of hydrogen-bond donors (Lipinski definition) is 1. The molecule has 2 unspecified atom stereocenters. The first-order valence-electron chi connectivity index (χ1n) is 6.82. The van der Waals surface area contributed by atoms with Crippen LogP contribution in [0.25, 0.3) is 0 Å². The van der Waals surface area contributed by atoms with E-state index in [0.29, 0.717) is 0 Å². The van der Waals surface area contributed by atoms with Gasteiger partial charge in [-0.05, 0) is 61.8 Å². The van der Waals surface area contributed by atoms with Gasteiger partial charge < -0.3 is 9.84 Å². The maximum Gasteiger partial charge on any atom is 0.125 e. The molecule has 0 spiro atoms. The van der Waals surface area contributed by atoms with Crippen LogP contribution in [0.1, 0.15) is 44.2 Å². The molecule has 2 heteroatoms. The Bertz CT molecular complexity index is 423. The fourth-order valence-electron chi connectivity index (χ4n) is 2.65. The summed E-state index contributed by atoms with van der Waals surface area (Å²) in [4.78, 5) is 0. The molecule has 100 valence electrons. The lowest BCUT2D eigenvalue weighted by Crippen LogP contribution is -2.46. The maximum absolute atomic E-state index is 10.4. The highest BCUT2D eigenvalue weighted by Crippen LogP contribution is 2.37. The van der Waals surface area contributed by atoms with E-state index < -0.39 is 0 Å². The summed E-state index contributed by atoms with van der Waals surface area (Å²) in [7, 11) is 0. The molecule has 0 saturated heterocycles. The van der Waals surface area contributed by atoms with Gasteiger partial charge in [-0.15, -0.1) is 0 Å². The van der Waals surface area contributed by atoms with Gasteiger partial charge >= 0.3 is 0 Å². The maximum atomic E-state index is 10.4. The Morgan fingerprint density at radius 1 is 1.22 bits per heavy atom. The minimum Gasteiger partial charge on any atom is -0.488 e. The Labute approximate surface area is 110 Å². The van der Waals surface area contributed by atoms with Crippen molar-refractivity contribution in [3.05, 3.63) is 29.3 Å². The van der Waals surface area contributed by atoms with Gasteiger partial charge in [0.2, 0.25) is 0 Å². The Kier molecular flexibility index (Phi) is 3.67. The van der Waals surface area contributed by atoms with E-state index in [1.165, 1.54) is 11.1 Å². The molecule has 2 atom stereocenters. The molecule has 1 fully saturated rings. The summed E-state index contributed by atoms with van der Waals surface area (Å²) in [5, 5.41) is 10.4. The van der Waals surface area contributed by atoms with Crippen molar-refractivity contribution >= 4 is 0 Å². The molecule has 1 N–H and O–H groups in total. The van der Waals surface area contributed by atoms with Crippen molar-refractivity contribution in [2.45, 2.75) is 59.2 Å². The number of rotatable bonds is 2. The van der Waals surface area contributed by atoms with Crippen molar-refractivity contribution in [1.82, 2.24) is 0 Å². The summed E-state index contributed by atoms with van der Waals surface area (Å²) in [6, 6.07) is 6.13. The summed E-state index contributed by atoms with van der Waals surface area (Å²) in [5.41, 5.74) is 2.46. The second-order valence-electron chi connectivity index (χ2n) is 6.23. The first-order chi connectivity index (χ1) is 8.40. The number of aliphatic hydroxyl groups is 1. The van der Waals surface area contributed by atoms with E-state index in [1.54, 1.807) is 0 Å². The number of aryl methyl sites for hydroxylation is 2. The molecule has 1 aliphatic rings. The van der Waals surface area contributed by atoms with E-state index in [0.717, 1.165) is 25.0 Å². The Morgan fingerprint density at radius 3 is 2.61 bits per heavy atom. The molecule has 1 aromatic carbocycles. The van der Waals surface area contributed by atoms with E-state index in [4.69, 9.17) is 4.74 Å². The standard InChI is InChI=1S/C16H24O2/c1-11-7-8-13(10-12(11)2)18-14-6-5-9-16(3,4)15(14)17/h7-8,10,14-15,17H,5-6,9H2,1-4H3. The van der Waals surface area contributed by atoms with E-state index in [2.05, 4.69) is 39.8 Å². The second kappa shape index (κ2) is 4.93. The first kappa shape index (κ1) is 13.4. The van der Waals surface area contributed by atoms with Crippen LogP contribution in [0.5, 0.6) is 5.75 Å². The van der Waals surface area contributed by atoms with Crippen molar-refractivity contribution in [2.24, 2.45) is 5.41 Å². The van der Waals surface area contributed by atoms with Crippen LogP contribution in [0, 0.1) is 19.3 Å². The monoisotopic (exact) mass is 248 g/mol. The van der Waals surface area contributed by atoms with Crippen LogP contribution in [-0.4, -0.2) is 17.3 Å². The predicted molar refractivity (Wildman–Crippen MR) is 74.0 cm³/mol. The van der Waals surface area contributed by atoms with Crippen LogP contribution in [-0.2, 0) is 0 Å². The lowest BCUT2D eigenvalue weighted by molar-refractivity contribution is -0.0689. The number of hydrogen-bond acceptors (Lipinski definition) is 2. The molecule has 0 aromatic heterocycles. The third-order valence-electron chi connectivity index (χ3n) is 4.23. The summed E-state index contributed by atoms with van der Waals surface area (Å²) in [6.07, 6.45) is 2.68. The van der Waals surface area contributed by atoms with Crippen LogP contribution in [0.15, 0.2) is 18.2 Å². The smallest absolute Gasteiger partial charge is 0.125 e. The number of ether oxygens (including phenoxy) is 1. The third kappa shape index (κ3) is 2.69. The molecule has 0 amide bonds. The zero-order valence-corrected chi connectivity index (χ0v) is 11.9. The van der Waals surface area contributed by atoms with E-state index >= 15 is 0 Å².